The minimum Gasteiger partial charge on any atom is -0.308 e. The van der Waals surface area contributed by atoms with Gasteiger partial charge in [0.1, 0.15) is 0 Å². The van der Waals surface area contributed by atoms with Crippen LogP contribution in [0, 0.1) is 5.92 Å². The molecular formula is C15H27FN2. The summed E-state index contributed by atoms with van der Waals surface area (Å²) in [6, 6.07) is 0.698. The van der Waals surface area contributed by atoms with Crippen molar-refractivity contribution >= 4 is 0 Å². The quantitative estimate of drug-likeness (QED) is 0.830. The van der Waals surface area contributed by atoms with Crippen LogP contribution in [0.5, 0.6) is 0 Å². The molecule has 0 amide bonds. The van der Waals surface area contributed by atoms with Crippen LogP contribution < -0.4 is 5.32 Å². The summed E-state index contributed by atoms with van der Waals surface area (Å²) < 4.78 is 12.5. The normalized spacial score (nSPS) is 32.8. The van der Waals surface area contributed by atoms with Crippen LogP contribution in [0.15, 0.2) is 0 Å². The number of nitrogens with one attached hydrogen (secondary N) is 1. The highest BCUT2D eigenvalue weighted by atomic mass is 19.1. The first-order valence-corrected chi connectivity index (χ1v) is 7.88. The van der Waals surface area contributed by atoms with Crippen LogP contribution in [0.3, 0.4) is 0 Å². The average molecular weight is 254 g/mol. The molecule has 1 heterocycles. The molecule has 1 atom stereocenters. The summed E-state index contributed by atoms with van der Waals surface area (Å²) in [6.07, 6.45) is 10.3. The highest BCUT2D eigenvalue weighted by Gasteiger charge is 2.44. The van der Waals surface area contributed by atoms with E-state index in [1.165, 1.54) is 51.5 Å². The van der Waals surface area contributed by atoms with Crippen molar-refractivity contribution in [2.75, 3.05) is 26.3 Å². The second kappa shape index (κ2) is 5.46. The third kappa shape index (κ3) is 2.72. The summed E-state index contributed by atoms with van der Waals surface area (Å²) in [4.78, 5) is 2.62. The molecule has 1 unspecified atom stereocenters. The van der Waals surface area contributed by atoms with E-state index < -0.39 is 0 Å². The molecule has 3 rings (SSSR count). The minimum atomic E-state index is -0.158. The Balaban J connectivity index is 1.64. The van der Waals surface area contributed by atoms with Gasteiger partial charge >= 0.3 is 0 Å². The molecule has 0 aromatic rings. The molecule has 1 N–H and O–H groups in total. The Kier molecular flexibility index (Phi) is 3.90. The van der Waals surface area contributed by atoms with Crippen molar-refractivity contribution in [2.24, 2.45) is 5.92 Å². The molecule has 0 aromatic heterocycles. The van der Waals surface area contributed by atoms with Gasteiger partial charge in [-0.05, 0) is 38.0 Å². The lowest BCUT2D eigenvalue weighted by Crippen LogP contribution is -2.65. The van der Waals surface area contributed by atoms with Gasteiger partial charge in [-0.1, -0.05) is 19.3 Å². The Bertz CT molecular complexity index is 272. The van der Waals surface area contributed by atoms with Crippen LogP contribution in [0.1, 0.15) is 51.4 Å². The number of hydrogen-bond donors (Lipinski definition) is 1. The fourth-order valence-electron chi connectivity index (χ4n) is 4.03. The van der Waals surface area contributed by atoms with Gasteiger partial charge in [0.2, 0.25) is 0 Å². The van der Waals surface area contributed by atoms with E-state index in [-0.39, 0.29) is 6.67 Å². The van der Waals surface area contributed by atoms with E-state index in [9.17, 15) is 4.39 Å². The van der Waals surface area contributed by atoms with Gasteiger partial charge in [-0.25, -0.2) is 0 Å². The summed E-state index contributed by atoms with van der Waals surface area (Å²) in [5, 5.41) is 3.88. The Hall–Kier alpha value is -0.150. The average Bonchev–Trinajstić information content (AvgIpc) is 3.22. The Morgan fingerprint density at radius 1 is 1.17 bits per heavy atom. The first kappa shape index (κ1) is 12.9. The zero-order chi connectivity index (χ0) is 12.4. The third-order valence-corrected chi connectivity index (χ3v) is 5.22. The van der Waals surface area contributed by atoms with Gasteiger partial charge in [0.15, 0.2) is 0 Å². The predicted molar refractivity (Wildman–Crippen MR) is 72.5 cm³/mol. The first-order chi connectivity index (χ1) is 8.83. The van der Waals surface area contributed by atoms with Crippen LogP contribution >= 0.6 is 0 Å². The van der Waals surface area contributed by atoms with Crippen LogP contribution in [0.2, 0.25) is 0 Å². The number of rotatable bonds is 4. The second-order valence-corrected chi connectivity index (χ2v) is 6.64. The number of halogens is 1. The zero-order valence-electron chi connectivity index (χ0n) is 11.5. The Morgan fingerprint density at radius 3 is 2.61 bits per heavy atom. The molecule has 2 aliphatic carbocycles. The summed E-state index contributed by atoms with van der Waals surface area (Å²) >= 11 is 0. The van der Waals surface area contributed by atoms with Crippen molar-refractivity contribution in [3.63, 3.8) is 0 Å². The smallest absolute Gasteiger partial charge is 0.0906 e. The van der Waals surface area contributed by atoms with E-state index >= 15 is 0 Å². The summed E-state index contributed by atoms with van der Waals surface area (Å²) in [5.74, 6) is 0.901. The molecule has 1 spiro atoms. The molecule has 18 heavy (non-hydrogen) atoms. The van der Waals surface area contributed by atoms with Crippen molar-refractivity contribution in [1.82, 2.24) is 10.2 Å². The fourth-order valence-corrected chi connectivity index (χ4v) is 4.03. The maximum absolute atomic E-state index is 12.5. The van der Waals surface area contributed by atoms with Crippen molar-refractivity contribution in [1.29, 1.82) is 0 Å². The maximum Gasteiger partial charge on any atom is 0.0906 e. The number of hydrogen-bond acceptors (Lipinski definition) is 2. The molecular weight excluding hydrogens is 227 g/mol. The Morgan fingerprint density at radius 2 is 1.94 bits per heavy atom. The molecule has 2 saturated carbocycles. The van der Waals surface area contributed by atoms with E-state index in [0.717, 1.165) is 25.4 Å². The number of alkyl halides is 1. The lowest BCUT2D eigenvalue weighted by Gasteiger charge is -2.50. The fraction of sp³-hybridized carbons (Fsp3) is 1.00. The minimum absolute atomic E-state index is 0.158. The molecule has 3 fully saturated rings. The van der Waals surface area contributed by atoms with E-state index in [4.69, 9.17) is 0 Å². The topological polar surface area (TPSA) is 15.3 Å². The van der Waals surface area contributed by atoms with Crippen LogP contribution in [-0.2, 0) is 0 Å². The highest BCUT2D eigenvalue weighted by Crippen LogP contribution is 2.39. The summed E-state index contributed by atoms with van der Waals surface area (Å²) in [7, 11) is 0. The molecule has 2 nitrogen and oxygen atoms in total. The number of nitrogens with zero attached hydrogens (tertiary/aromatic N) is 1. The predicted octanol–water partition coefficient (Wildman–Crippen LogP) is 2.73. The summed E-state index contributed by atoms with van der Waals surface area (Å²) in [5.41, 5.74) is 0.375. The van der Waals surface area contributed by atoms with Gasteiger partial charge in [-0.3, -0.25) is 9.29 Å². The van der Waals surface area contributed by atoms with Gasteiger partial charge in [-0.2, -0.15) is 0 Å². The first-order valence-electron chi connectivity index (χ1n) is 7.88. The van der Waals surface area contributed by atoms with E-state index in [2.05, 4.69) is 10.2 Å². The van der Waals surface area contributed by atoms with Gasteiger partial charge in [0, 0.05) is 31.2 Å². The lowest BCUT2D eigenvalue weighted by atomic mass is 9.79. The molecule has 3 aliphatic rings. The molecule has 0 bridgehead atoms. The monoisotopic (exact) mass is 254 g/mol. The van der Waals surface area contributed by atoms with Gasteiger partial charge < -0.3 is 5.32 Å². The molecule has 1 aliphatic heterocycles. The molecule has 3 heteroatoms. The van der Waals surface area contributed by atoms with Crippen LogP contribution in [0.4, 0.5) is 4.39 Å². The van der Waals surface area contributed by atoms with Gasteiger partial charge in [0.25, 0.3) is 0 Å². The van der Waals surface area contributed by atoms with Crippen molar-refractivity contribution < 1.29 is 4.39 Å². The molecule has 1 saturated heterocycles. The van der Waals surface area contributed by atoms with E-state index in [1.54, 1.807) is 0 Å². The van der Waals surface area contributed by atoms with E-state index in [1.807, 2.05) is 0 Å². The van der Waals surface area contributed by atoms with E-state index in [0.29, 0.717) is 11.6 Å². The van der Waals surface area contributed by atoms with Crippen molar-refractivity contribution in [2.45, 2.75) is 62.9 Å². The van der Waals surface area contributed by atoms with Crippen molar-refractivity contribution in [3.05, 3.63) is 0 Å². The molecule has 0 radical (unpaired) electrons. The molecule has 104 valence electrons. The molecule has 0 aromatic carbocycles. The standard InChI is InChI=1S/C15H27FN2/c16-9-4-10-18-12-15(7-2-1-3-8-15)17-11-14(18)13-5-6-13/h13-14,17H,1-12H2. The van der Waals surface area contributed by atoms with Crippen LogP contribution in [-0.4, -0.2) is 42.8 Å². The van der Waals surface area contributed by atoms with Crippen LogP contribution in [0.25, 0.3) is 0 Å². The SMILES string of the molecule is FCCCN1CC2(CCCCC2)NCC1C1CC1. The maximum atomic E-state index is 12.5. The Labute approximate surface area is 110 Å². The second-order valence-electron chi connectivity index (χ2n) is 6.64. The largest absolute Gasteiger partial charge is 0.308 e. The highest BCUT2D eigenvalue weighted by molar-refractivity contribution is 5.03. The van der Waals surface area contributed by atoms with Gasteiger partial charge in [0.05, 0.1) is 6.67 Å². The zero-order valence-corrected chi connectivity index (χ0v) is 11.5. The lowest BCUT2D eigenvalue weighted by molar-refractivity contribution is 0.0445. The number of piperazine rings is 1. The third-order valence-electron chi connectivity index (χ3n) is 5.22. The van der Waals surface area contributed by atoms with Gasteiger partial charge in [-0.15, -0.1) is 0 Å². The summed E-state index contributed by atoms with van der Waals surface area (Å²) in [6.45, 7) is 3.14. The van der Waals surface area contributed by atoms with Crippen molar-refractivity contribution in [3.8, 4) is 0 Å².